The fourth-order valence-electron chi connectivity index (χ4n) is 2.27. The van der Waals surface area contributed by atoms with Gasteiger partial charge in [-0.15, -0.1) is 0 Å². The number of rotatable bonds is 4. The van der Waals surface area contributed by atoms with Gasteiger partial charge in [-0.1, -0.05) is 0 Å². The summed E-state index contributed by atoms with van der Waals surface area (Å²) in [7, 11) is 1.67. The molecule has 0 atom stereocenters. The molecule has 19 heavy (non-hydrogen) atoms. The molecule has 1 amide bonds. The Kier molecular flexibility index (Phi) is 4.21. The number of carboxylic acids is 1. The van der Waals surface area contributed by atoms with Crippen molar-refractivity contribution in [2.45, 2.75) is 25.4 Å². The second-order valence-corrected chi connectivity index (χ2v) is 4.56. The van der Waals surface area contributed by atoms with Gasteiger partial charge >= 0.3 is 5.97 Å². The van der Waals surface area contributed by atoms with E-state index in [0.717, 1.165) is 12.8 Å². The molecule has 104 valence electrons. The summed E-state index contributed by atoms with van der Waals surface area (Å²) in [6, 6.07) is 1.53. The van der Waals surface area contributed by atoms with Crippen LogP contribution in [0.25, 0.3) is 0 Å². The predicted octanol–water partition coefficient (Wildman–Crippen LogP) is 1.16. The van der Waals surface area contributed by atoms with E-state index < -0.39 is 5.97 Å². The van der Waals surface area contributed by atoms with E-state index in [1.54, 1.807) is 12.0 Å². The van der Waals surface area contributed by atoms with Crippen LogP contribution in [-0.4, -0.2) is 48.2 Å². The fraction of sp³-hybridized carbons (Fsp3) is 0.538. The summed E-state index contributed by atoms with van der Waals surface area (Å²) >= 11 is 0. The van der Waals surface area contributed by atoms with E-state index in [1.165, 1.54) is 12.3 Å². The van der Waals surface area contributed by atoms with Gasteiger partial charge in [-0.2, -0.15) is 0 Å². The third-order valence-corrected chi connectivity index (χ3v) is 3.35. The lowest BCUT2D eigenvalue weighted by Crippen LogP contribution is -2.40. The number of piperidine rings is 1. The number of hydrogen-bond acceptors (Lipinski definition) is 4. The first-order valence-electron chi connectivity index (χ1n) is 6.22. The molecule has 1 aliphatic heterocycles. The Morgan fingerprint density at radius 1 is 1.47 bits per heavy atom. The van der Waals surface area contributed by atoms with E-state index in [4.69, 9.17) is 14.3 Å². The zero-order valence-electron chi connectivity index (χ0n) is 10.8. The zero-order chi connectivity index (χ0) is 13.8. The third-order valence-electron chi connectivity index (χ3n) is 3.35. The average molecular weight is 267 g/mol. The van der Waals surface area contributed by atoms with Gasteiger partial charge in [0.15, 0.2) is 0 Å². The molecule has 0 radical (unpaired) electrons. The Morgan fingerprint density at radius 3 is 2.74 bits per heavy atom. The highest BCUT2D eigenvalue weighted by Gasteiger charge is 2.26. The molecule has 1 N–H and O–H groups in total. The lowest BCUT2D eigenvalue weighted by molar-refractivity contribution is -0.136. The summed E-state index contributed by atoms with van der Waals surface area (Å²) in [5, 5.41) is 8.77. The van der Waals surface area contributed by atoms with Crippen LogP contribution in [0.3, 0.4) is 0 Å². The SMILES string of the molecule is COC1CCN(C(=O)c2ccoc2CC(=O)O)CC1. The Balaban J connectivity index is 2.04. The number of hydrogen-bond donors (Lipinski definition) is 1. The maximum Gasteiger partial charge on any atom is 0.311 e. The Hall–Kier alpha value is -1.82. The van der Waals surface area contributed by atoms with Gasteiger partial charge in [0.2, 0.25) is 0 Å². The maximum absolute atomic E-state index is 12.3. The second kappa shape index (κ2) is 5.88. The van der Waals surface area contributed by atoms with E-state index in [1.807, 2.05) is 0 Å². The zero-order valence-corrected chi connectivity index (χ0v) is 10.8. The second-order valence-electron chi connectivity index (χ2n) is 4.56. The van der Waals surface area contributed by atoms with Crippen molar-refractivity contribution in [2.75, 3.05) is 20.2 Å². The van der Waals surface area contributed by atoms with Gasteiger partial charge in [-0.05, 0) is 18.9 Å². The molecule has 0 aromatic carbocycles. The van der Waals surface area contributed by atoms with Crippen LogP contribution >= 0.6 is 0 Å². The number of methoxy groups -OCH3 is 1. The van der Waals surface area contributed by atoms with Crippen molar-refractivity contribution in [3.63, 3.8) is 0 Å². The number of furan rings is 1. The van der Waals surface area contributed by atoms with Gasteiger partial charge < -0.3 is 19.2 Å². The minimum Gasteiger partial charge on any atom is -0.481 e. The van der Waals surface area contributed by atoms with Gasteiger partial charge in [0.25, 0.3) is 5.91 Å². The Labute approximate surface area is 110 Å². The molecule has 1 saturated heterocycles. The van der Waals surface area contributed by atoms with Crippen molar-refractivity contribution < 1.29 is 23.8 Å². The van der Waals surface area contributed by atoms with Crippen molar-refractivity contribution >= 4 is 11.9 Å². The van der Waals surface area contributed by atoms with Crippen molar-refractivity contribution in [1.82, 2.24) is 4.90 Å². The number of ether oxygens (including phenoxy) is 1. The van der Waals surface area contributed by atoms with Crippen LogP contribution in [0.5, 0.6) is 0 Å². The molecular weight excluding hydrogens is 250 g/mol. The highest BCUT2D eigenvalue weighted by atomic mass is 16.5. The lowest BCUT2D eigenvalue weighted by atomic mass is 10.1. The topological polar surface area (TPSA) is 80.0 Å². The van der Waals surface area contributed by atoms with Gasteiger partial charge in [-0.25, -0.2) is 0 Å². The molecule has 1 fully saturated rings. The van der Waals surface area contributed by atoms with E-state index in [2.05, 4.69) is 0 Å². The number of carboxylic acid groups (broad SMARTS) is 1. The molecule has 1 aromatic rings. The van der Waals surface area contributed by atoms with Crippen LogP contribution in [0.1, 0.15) is 29.0 Å². The van der Waals surface area contributed by atoms with E-state index in [0.29, 0.717) is 18.7 Å². The highest BCUT2D eigenvalue weighted by Crippen LogP contribution is 2.19. The molecule has 0 unspecified atom stereocenters. The Bertz CT molecular complexity index is 459. The highest BCUT2D eigenvalue weighted by molar-refractivity contribution is 5.96. The quantitative estimate of drug-likeness (QED) is 0.885. The van der Waals surface area contributed by atoms with Gasteiger partial charge in [0.05, 0.1) is 17.9 Å². The number of nitrogens with zero attached hydrogens (tertiary/aromatic N) is 1. The molecule has 0 bridgehead atoms. The third kappa shape index (κ3) is 3.14. The predicted molar refractivity (Wildman–Crippen MR) is 66.0 cm³/mol. The number of carbonyl (C=O) groups excluding carboxylic acids is 1. The van der Waals surface area contributed by atoms with Crippen LogP contribution in [0.4, 0.5) is 0 Å². The molecule has 0 saturated carbocycles. The molecule has 1 aromatic heterocycles. The first kappa shape index (κ1) is 13.6. The van der Waals surface area contributed by atoms with Crippen LogP contribution in [0.2, 0.25) is 0 Å². The van der Waals surface area contributed by atoms with Gasteiger partial charge in [0.1, 0.15) is 12.2 Å². The van der Waals surface area contributed by atoms with Crippen LogP contribution in [0, 0.1) is 0 Å². The number of amides is 1. The molecule has 6 heteroatoms. The maximum atomic E-state index is 12.3. The Morgan fingerprint density at radius 2 is 2.16 bits per heavy atom. The molecule has 0 aliphatic carbocycles. The van der Waals surface area contributed by atoms with E-state index in [9.17, 15) is 9.59 Å². The van der Waals surface area contributed by atoms with Crippen molar-refractivity contribution in [2.24, 2.45) is 0 Å². The first-order valence-corrected chi connectivity index (χ1v) is 6.22. The normalized spacial score (nSPS) is 16.6. The van der Waals surface area contributed by atoms with Crippen LogP contribution in [-0.2, 0) is 16.0 Å². The summed E-state index contributed by atoms with van der Waals surface area (Å²) in [6.07, 6.45) is 2.88. The monoisotopic (exact) mass is 267 g/mol. The van der Waals surface area contributed by atoms with E-state index >= 15 is 0 Å². The van der Waals surface area contributed by atoms with E-state index in [-0.39, 0.29) is 24.2 Å². The first-order chi connectivity index (χ1) is 9.11. The smallest absolute Gasteiger partial charge is 0.311 e. The molecular formula is C13H17NO5. The molecule has 1 aliphatic rings. The summed E-state index contributed by atoms with van der Waals surface area (Å²) in [4.78, 5) is 24.7. The molecule has 2 heterocycles. The van der Waals surface area contributed by atoms with Crippen LogP contribution in [0.15, 0.2) is 16.7 Å². The minimum absolute atomic E-state index is 0.167. The summed E-state index contributed by atoms with van der Waals surface area (Å²) < 4.78 is 10.3. The number of carbonyl (C=O) groups is 2. The fourth-order valence-corrected chi connectivity index (χ4v) is 2.27. The van der Waals surface area contributed by atoms with Crippen molar-refractivity contribution in [3.8, 4) is 0 Å². The summed E-state index contributed by atoms with van der Waals surface area (Å²) in [6.45, 7) is 1.24. The van der Waals surface area contributed by atoms with Crippen molar-refractivity contribution in [1.29, 1.82) is 0 Å². The minimum atomic E-state index is -1.01. The number of aliphatic carboxylic acids is 1. The summed E-state index contributed by atoms with van der Waals surface area (Å²) in [5.41, 5.74) is 0.346. The lowest BCUT2D eigenvalue weighted by Gasteiger charge is -2.31. The van der Waals surface area contributed by atoms with Gasteiger partial charge in [-0.3, -0.25) is 9.59 Å². The number of likely N-dealkylation sites (tertiary alicyclic amines) is 1. The molecule has 6 nitrogen and oxygen atoms in total. The van der Waals surface area contributed by atoms with Crippen LogP contribution < -0.4 is 0 Å². The molecule has 2 rings (SSSR count). The molecule has 0 spiro atoms. The standard InChI is InChI=1S/C13H17NO5/c1-18-9-2-5-14(6-3-9)13(17)10-4-7-19-11(10)8-12(15)16/h4,7,9H,2-3,5-6,8H2,1H3,(H,15,16). The average Bonchev–Trinajstić information content (AvgIpc) is 2.85. The van der Waals surface area contributed by atoms with Gasteiger partial charge in [0, 0.05) is 20.2 Å². The van der Waals surface area contributed by atoms with Crippen molar-refractivity contribution in [3.05, 3.63) is 23.7 Å². The largest absolute Gasteiger partial charge is 0.481 e. The summed E-state index contributed by atoms with van der Waals surface area (Å²) in [5.74, 6) is -0.965.